The van der Waals surface area contributed by atoms with E-state index in [2.05, 4.69) is 26.2 Å². The predicted octanol–water partition coefficient (Wildman–Crippen LogP) is 2.20. The molecule has 0 aliphatic heterocycles. The van der Waals surface area contributed by atoms with E-state index in [1.807, 2.05) is 0 Å². The summed E-state index contributed by atoms with van der Waals surface area (Å²) in [5, 5.41) is 3.48. The minimum atomic E-state index is -0.528. The molecule has 3 aromatic rings. The first-order chi connectivity index (χ1) is 11.9. The average Bonchev–Trinajstić information content (AvgIpc) is 2.60. The van der Waals surface area contributed by atoms with Gasteiger partial charge >= 0.3 is 32.7 Å². The van der Waals surface area contributed by atoms with Crippen LogP contribution >= 0.6 is 27.5 Å². The van der Waals surface area contributed by atoms with Gasteiger partial charge < -0.3 is 14.9 Å². The zero-order valence-corrected chi connectivity index (χ0v) is 18.8. The van der Waals surface area contributed by atoms with E-state index in [4.69, 9.17) is 11.6 Å². The number of amides is 1. The molecule has 0 spiro atoms. The maximum Gasteiger partial charge on any atom is 3.00 e. The first-order valence-corrected chi connectivity index (χ1v) is 8.43. The molecule has 1 N–H and O–H groups in total. The Morgan fingerprint density at radius 1 is 1.27 bits per heavy atom. The summed E-state index contributed by atoms with van der Waals surface area (Å²) < 4.78 is 1.50. The maximum atomic E-state index is 12.6. The summed E-state index contributed by atoms with van der Waals surface area (Å²) in [4.78, 5) is 40.9. The van der Waals surface area contributed by atoms with Gasteiger partial charge in [-0.1, -0.05) is 37.0 Å². The van der Waals surface area contributed by atoms with Gasteiger partial charge in [-0.2, -0.15) is 0 Å². The average molecular weight is 511 g/mol. The van der Waals surface area contributed by atoms with Crippen LogP contribution in [0.2, 0.25) is 5.02 Å². The predicted molar refractivity (Wildman–Crippen MR) is 99.1 cm³/mol. The molecule has 26 heavy (non-hydrogen) atoms. The van der Waals surface area contributed by atoms with E-state index in [-0.39, 0.29) is 65.9 Å². The molecule has 0 aliphatic carbocycles. The van der Waals surface area contributed by atoms with E-state index in [1.165, 1.54) is 23.9 Å². The number of hydrogen-bond acceptors (Lipinski definition) is 3. The summed E-state index contributed by atoms with van der Waals surface area (Å²) in [6.07, 6.45) is 1.19. The molecule has 1 aromatic carbocycles. The standard InChI is InChI=1S/C17H13BrClN3O3.Y/c1-22-15-11(6-13(18)17(22)25)14(23)12(8-20-15)16(24)21-7-9-2-4-10(19)5-3-9;/h2-6,8H,7H2,1H3,(H2,20,21,23,24,25);/q;+3/p-1. The zero-order chi connectivity index (χ0) is 18.1. The molecule has 0 atom stereocenters. The first-order valence-electron chi connectivity index (χ1n) is 7.26. The maximum absolute atomic E-state index is 12.6. The number of fused-ring (bicyclic) bond motifs is 1. The SMILES string of the molecule is Cn1c(=O)c(Br)cc2c(=O)c(C(=O)NCc3ccc(Cl)cc3)c[n-]c21.[Y+3]. The van der Waals surface area contributed by atoms with Gasteiger partial charge in [-0.25, -0.2) is 0 Å². The van der Waals surface area contributed by atoms with E-state index in [9.17, 15) is 14.4 Å². The quantitative estimate of drug-likeness (QED) is 0.586. The van der Waals surface area contributed by atoms with Crippen molar-refractivity contribution in [1.29, 1.82) is 0 Å². The van der Waals surface area contributed by atoms with Crippen LogP contribution in [0.15, 0.2) is 50.6 Å². The van der Waals surface area contributed by atoms with Gasteiger partial charge in [0, 0.05) is 17.0 Å². The zero-order valence-electron chi connectivity index (χ0n) is 13.6. The molecule has 2 heterocycles. The Morgan fingerprint density at radius 2 is 1.92 bits per heavy atom. The van der Waals surface area contributed by atoms with Crippen LogP contribution in [-0.4, -0.2) is 10.5 Å². The number of pyridine rings is 2. The fourth-order valence-corrected chi connectivity index (χ4v) is 3.01. The van der Waals surface area contributed by atoms with Gasteiger partial charge in [0.1, 0.15) is 0 Å². The molecule has 0 unspecified atom stereocenters. The van der Waals surface area contributed by atoms with E-state index in [0.717, 1.165) is 5.56 Å². The summed E-state index contributed by atoms with van der Waals surface area (Å²) in [7, 11) is 1.52. The third-order valence-corrected chi connectivity index (χ3v) is 4.57. The third-order valence-electron chi connectivity index (χ3n) is 3.75. The van der Waals surface area contributed by atoms with Crippen LogP contribution in [0.3, 0.4) is 0 Å². The fraction of sp³-hybridized carbons (Fsp3) is 0.118. The van der Waals surface area contributed by atoms with E-state index >= 15 is 0 Å². The molecular formula is C17H12BrClN3O3Y+2. The number of halogens is 2. The van der Waals surface area contributed by atoms with Crippen molar-refractivity contribution in [3.8, 4) is 0 Å². The van der Waals surface area contributed by atoms with Gasteiger partial charge in [-0.05, 0) is 45.3 Å². The topological polar surface area (TPSA) is 82.3 Å². The van der Waals surface area contributed by atoms with Crippen molar-refractivity contribution in [3.63, 3.8) is 0 Å². The van der Waals surface area contributed by atoms with Crippen molar-refractivity contribution in [1.82, 2.24) is 14.9 Å². The number of nitrogens with one attached hydrogen (secondary N) is 1. The minimum Gasteiger partial charge on any atom is -0.441 e. The van der Waals surface area contributed by atoms with E-state index in [0.29, 0.717) is 5.02 Å². The van der Waals surface area contributed by atoms with Gasteiger partial charge in [0.25, 0.3) is 5.91 Å². The van der Waals surface area contributed by atoms with Crippen LogP contribution in [0.5, 0.6) is 0 Å². The summed E-state index contributed by atoms with van der Waals surface area (Å²) in [5.74, 6) is -0.528. The van der Waals surface area contributed by atoms with Crippen LogP contribution in [0, 0.1) is 0 Å². The molecule has 1 amide bonds. The van der Waals surface area contributed by atoms with Gasteiger partial charge in [0.15, 0.2) is 11.0 Å². The minimum absolute atomic E-state index is 0. The van der Waals surface area contributed by atoms with Crippen molar-refractivity contribution < 1.29 is 37.5 Å². The molecule has 0 saturated heterocycles. The first kappa shape index (κ1) is 21.0. The smallest absolute Gasteiger partial charge is 0.441 e. The Balaban J connectivity index is 0.00000243. The fourth-order valence-electron chi connectivity index (χ4n) is 2.38. The molecule has 9 heteroatoms. The Morgan fingerprint density at radius 3 is 2.58 bits per heavy atom. The van der Waals surface area contributed by atoms with Gasteiger partial charge in [-0.3, -0.25) is 14.4 Å². The van der Waals surface area contributed by atoms with Crippen molar-refractivity contribution >= 4 is 44.5 Å². The number of carbonyl (C=O) groups excluding carboxylic acids is 1. The third kappa shape index (κ3) is 4.17. The number of aryl methyl sites for hydroxylation is 1. The summed E-state index contributed by atoms with van der Waals surface area (Å²) >= 11 is 8.94. The molecule has 6 nitrogen and oxygen atoms in total. The second kappa shape index (κ2) is 8.61. The van der Waals surface area contributed by atoms with Gasteiger partial charge in [0.2, 0.25) is 0 Å². The van der Waals surface area contributed by atoms with Gasteiger partial charge in [-0.15, -0.1) is 0 Å². The second-order valence-corrected chi connectivity index (χ2v) is 6.69. The van der Waals surface area contributed by atoms with Crippen LogP contribution < -0.4 is 21.3 Å². The molecule has 0 bridgehead atoms. The Kier molecular flexibility index (Phi) is 6.96. The number of hydrogen-bond donors (Lipinski definition) is 1. The van der Waals surface area contributed by atoms with Crippen LogP contribution in [0.1, 0.15) is 15.9 Å². The number of nitrogens with zero attached hydrogens (tertiary/aromatic N) is 2. The Labute approximate surface area is 187 Å². The number of rotatable bonds is 3. The van der Waals surface area contributed by atoms with Gasteiger partial charge in [0.05, 0.1) is 10.0 Å². The Bertz CT molecular complexity index is 1090. The molecule has 0 fully saturated rings. The van der Waals surface area contributed by atoms with Crippen LogP contribution in [0.4, 0.5) is 0 Å². The van der Waals surface area contributed by atoms with E-state index in [1.54, 1.807) is 24.3 Å². The number of aromatic nitrogens is 2. The number of benzene rings is 1. The monoisotopic (exact) mass is 509 g/mol. The Hall–Kier alpha value is -1.28. The number of carbonyl (C=O) groups is 1. The molecule has 0 radical (unpaired) electrons. The molecule has 2 aromatic heterocycles. The van der Waals surface area contributed by atoms with Crippen molar-refractivity contribution in [2.24, 2.45) is 7.05 Å². The summed E-state index contributed by atoms with van der Waals surface area (Å²) in [5.41, 5.74) is 0.220. The summed E-state index contributed by atoms with van der Waals surface area (Å²) in [6, 6.07) is 8.40. The molecule has 3 rings (SSSR count). The van der Waals surface area contributed by atoms with Crippen LogP contribution in [0.25, 0.3) is 11.0 Å². The molecule has 128 valence electrons. The van der Waals surface area contributed by atoms with E-state index < -0.39 is 11.3 Å². The van der Waals surface area contributed by atoms with Crippen LogP contribution in [-0.2, 0) is 46.3 Å². The largest absolute Gasteiger partial charge is 3.00 e. The van der Waals surface area contributed by atoms with Crippen molar-refractivity contribution in [3.05, 3.63) is 77.7 Å². The van der Waals surface area contributed by atoms with Crippen molar-refractivity contribution in [2.75, 3.05) is 0 Å². The van der Waals surface area contributed by atoms with Crippen molar-refractivity contribution in [2.45, 2.75) is 6.54 Å². The second-order valence-electron chi connectivity index (χ2n) is 5.40. The normalized spacial score (nSPS) is 10.4. The molecule has 0 saturated carbocycles. The molecule has 0 aliphatic rings. The summed E-state index contributed by atoms with van der Waals surface area (Å²) in [6.45, 7) is 0.254. The molecular weight excluding hydrogens is 498 g/mol.